The molecular weight excluding hydrogens is 242 g/mol. The van der Waals surface area contributed by atoms with Crippen molar-refractivity contribution in [3.63, 3.8) is 0 Å². The number of hydrogen-bond donors (Lipinski definition) is 1. The van der Waals surface area contributed by atoms with Crippen LogP contribution in [0.25, 0.3) is 11.6 Å². The van der Waals surface area contributed by atoms with E-state index in [-0.39, 0.29) is 0 Å². The summed E-state index contributed by atoms with van der Waals surface area (Å²) in [5, 5.41) is 3.93. The van der Waals surface area contributed by atoms with Gasteiger partial charge in [-0.1, -0.05) is 5.16 Å². The molecule has 0 fully saturated rings. The summed E-state index contributed by atoms with van der Waals surface area (Å²) in [5.41, 5.74) is 6.21. The Morgan fingerprint density at radius 3 is 2.16 bits per heavy atom. The topological polar surface area (TPSA) is 90.7 Å². The average molecular weight is 261 g/mol. The van der Waals surface area contributed by atoms with Crippen LogP contribution in [0.1, 0.15) is 39.1 Å². The van der Waals surface area contributed by atoms with Gasteiger partial charge in [0.05, 0.1) is 5.41 Å². The second-order valence-corrected chi connectivity index (χ2v) is 5.85. The Labute approximate surface area is 112 Å². The van der Waals surface area contributed by atoms with Crippen molar-refractivity contribution in [2.45, 2.75) is 45.6 Å². The van der Waals surface area contributed by atoms with Crippen molar-refractivity contribution in [2.75, 3.05) is 0 Å². The molecule has 0 aliphatic rings. The number of nitrogens with two attached hydrogens (primary N) is 1. The minimum atomic E-state index is -0.481. The van der Waals surface area contributed by atoms with Gasteiger partial charge >= 0.3 is 0 Å². The van der Waals surface area contributed by atoms with E-state index in [1.165, 1.54) is 0 Å². The van der Waals surface area contributed by atoms with E-state index < -0.39 is 11.0 Å². The van der Waals surface area contributed by atoms with E-state index in [9.17, 15) is 0 Å². The zero-order valence-electron chi connectivity index (χ0n) is 11.9. The van der Waals surface area contributed by atoms with Gasteiger partial charge < -0.3 is 10.3 Å². The quantitative estimate of drug-likeness (QED) is 0.906. The summed E-state index contributed by atoms with van der Waals surface area (Å²) < 4.78 is 5.32. The van der Waals surface area contributed by atoms with Crippen LogP contribution in [0.5, 0.6) is 0 Å². The molecule has 0 amide bonds. The van der Waals surface area contributed by atoms with Crippen molar-refractivity contribution < 1.29 is 4.52 Å². The van der Waals surface area contributed by atoms with Gasteiger partial charge in [0.1, 0.15) is 0 Å². The van der Waals surface area contributed by atoms with E-state index in [1.807, 2.05) is 34.6 Å². The van der Waals surface area contributed by atoms with E-state index in [0.717, 1.165) is 5.56 Å². The second-order valence-electron chi connectivity index (χ2n) is 5.85. The van der Waals surface area contributed by atoms with Crippen LogP contribution in [-0.2, 0) is 5.41 Å². The minimum Gasteiger partial charge on any atom is -0.338 e. The summed E-state index contributed by atoms with van der Waals surface area (Å²) >= 11 is 0. The lowest BCUT2D eigenvalue weighted by molar-refractivity contribution is 0.223. The maximum Gasteiger partial charge on any atom is 0.240 e. The largest absolute Gasteiger partial charge is 0.338 e. The summed E-state index contributed by atoms with van der Waals surface area (Å²) in [7, 11) is 0. The Hall–Kier alpha value is -1.82. The lowest BCUT2D eigenvalue weighted by atomic mass is 9.75. The molecule has 0 bridgehead atoms. The van der Waals surface area contributed by atoms with Crippen LogP contribution >= 0.6 is 0 Å². The predicted octanol–water partition coefficient (Wildman–Crippen LogP) is 1.85. The van der Waals surface area contributed by atoms with Crippen LogP contribution in [0.4, 0.5) is 0 Å². The normalized spacial score (nSPS) is 12.7. The highest BCUT2D eigenvalue weighted by Gasteiger charge is 2.40. The first-order valence-corrected chi connectivity index (χ1v) is 6.14. The third-order valence-electron chi connectivity index (χ3n) is 3.55. The summed E-state index contributed by atoms with van der Waals surface area (Å²) in [6.45, 7) is 9.73. The highest BCUT2D eigenvalue weighted by molar-refractivity contribution is 5.41. The molecule has 0 aromatic carbocycles. The smallest absolute Gasteiger partial charge is 0.240 e. The summed E-state index contributed by atoms with van der Waals surface area (Å²) in [5.74, 6) is 1.32. The maximum absolute atomic E-state index is 6.15. The van der Waals surface area contributed by atoms with Gasteiger partial charge in [0.2, 0.25) is 17.5 Å². The van der Waals surface area contributed by atoms with E-state index >= 15 is 0 Å². The monoisotopic (exact) mass is 261 g/mol. The third-order valence-corrected chi connectivity index (χ3v) is 3.55. The molecule has 19 heavy (non-hydrogen) atoms. The first-order valence-electron chi connectivity index (χ1n) is 6.14. The van der Waals surface area contributed by atoms with Gasteiger partial charge in [0.25, 0.3) is 0 Å². The zero-order chi connectivity index (χ0) is 14.3. The molecule has 6 heteroatoms. The molecule has 0 aliphatic heterocycles. The van der Waals surface area contributed by atoms with E-state index in [1.54, 1.807) is 12.4 Å². The molecule has 102 valence electrons. The predicted molar refractivity (Wildman–Crippen MR) is 71.4 cm³/mol. The highest BCUT2D eigenvalue weighted by atomic mass is 16.5. The molecule has 0 saturated heterocycles. The minimum absolute atomic E-state index is 0.382. The van der Waals surface area contributed by atoms with Crippen molar-refractivity contribution >= 4 is 0 Å². The number of aryl methyl sites for hydroxylation is 1. The Kier molecular flexibility index (Phi) is 3.14. The Bertz CT molecular complexity index is 565. The van der Waals surface area contributed by atoms with Crippen LogP contribution < -0.4 is 5.73 Å². The van der Waals surface area contributed by atoms with Gasteiger partial charge in [-0.15, -0.1) is 0 Å². The van der Waals surface area contributed by atoms with Crippen LogP contribution in [0.2, 0.25) is 0 Å². The standard InChI is InChI=1S/C13H19N5O/c1-8-6-15-9(16-7-8)10-17-11(19-18-10)12(2,3)13(4,5)14/h6-7H,14H2,1-5H3. The van der Waals surface area contributed by atoms with Gasteiger partial charge in [-0.2, -0.15) is 4.98 Å². The lowest BCUT2D eigenvalue weighted by Gasteiger charge is -2.34. The lowest BCUT2D eigenvalue weighted by Crippen LogP contribution is -2.50. The fraction of sp³-hybridized carbons (Fsp3) is 0.538. The second kappa shape index (κ2) is 4.38. The van der Waals surface area contributed by atoms with Crippen molar-refractivity contribution in [2.24, 2.45) is 5.73 Å². The highest BCUT2D eigenvalue weighted by Crippen LogP contribution is 2.32. The molecule has 0 atom stereocenters. The molecule has 0 unspecified atom stereocenters. The maximum atomic E-state index is 6.15. The van der Waals surface area contributed by atoms with Crippen LogP contribution in [0.15, 0.2) is 16.9 Å². The zero-order valence-corrected chi connectivity index (χ0v) is 11.9. The summed E-state index contributed by atoms with van der Waals surface area (Å²) in [4.78, 5) is 12.7. The van der Waals surface area contributed by atoms with Gasteiger partial charge in [-0.05, 0) is 40.2 Å². The Morgan fingerprint density at radius 2 is 1.63 bits per heavy atom. The molecule has 0 aliphatic carbocycles. The number of hydrogen-bond acceptors (Lipinski definition) is 6. The van der Waals surface area contributed by atoms with Gasteiger partial charge in [0, 0.05) is 17.9 Å². The van der Waals surface area contributed by atoms with E-state index in [4.69, 9.17) is 10.3 Å². The molecule has 6 nitrogen and oxygen atoms in total. The fourth-order valence-corrected chi connectivity index (χ4v) is 1.35. The average Bonchev–Trinajstić information content (AvgIpc) is 2.78. The number of aromatic nitrogens is 4. The molecule has 2 rings (SSSR count). The molecule has 2 N–H and O–H groups in total. The molecule has 0 saturated carbocycles. The van der Waals surface area contributed by atoms with Gasteiger partial charge in [-0.3, -0.25) is 0 Å². The van der Waals surface area contributed by atoms with Gasteiger partial charge in [-0.25, -0.2) is 9.97 Å². The SMILES string of the molecule is Cc1cnc(-c2noc(C(C)(C)C(C)(C)N)n2)nc1. The van der Waals surface area contributed by atoms with Crippen LogP contribution in [-0.4, -0.2) is 25.6 Å². The first-order chi connectivity index (χ1) is 8.72. The van der Waals surface area contributed by atoms with E-state index in [0.29, 0.717) is 17.5 Å². The third kappa shape index (κ3) is 2.49. The molecule has 2 aromatic heterocycles. The van der Waals surface area contributed by atoms with Crippen LogP contribution in [0.3, 0.4) is 0 Å². The van der Waals surface area contributed by atoms with E-state index in [2.05, 4.69) is 20.1 Å². The van der Waals surface area contributed by atoms with Crippen molar-refractivity contribution in [3.8, 4) is 11.6 Å². The van der Waals surface area contributed by atoms with Crippen LogP contribution in [0, 0.1) is 6.92 Å². The Morgan fingerprint density at radius 1 is 1.05 bits per heavy atom. The fourth-order valence-electron chi connectivity index (χ4n) is 1.35. The van der Waals surface area contributed by atoms with Crippen molar-refractivity contribution in [1.82, 2.24) is 20.1 Å². The Balaban J connectivity index is 2.37. The number of nitrogens with zero attached hydrogens (tertiary/aromatic N) is 4. The first kappa shape index (κ1) is 13.6. The number of rotatable bonds is 3. The summed E-state index contributed by atoms with van der Waals surface area (Å²) in [6, 6.07) is 0. The van der Waals surface area contributed by atoms with Gasteiger partial charge in [0.15, 0.2) is 0 Å². The molecule has 0 spiro atoms. The van der Waals surface area contributed by atoms with Crippen molar-refractivity contribution in [1.29, 1.82) is 0 Å². The molecule has 2 aromatic rings. The molecule has 0 radical (unpaired) electrons. The summed E-state index contributed by atoms with van der Waals surface area (Å²) in [6.07, 6.45) is 3.44. The van der Waals surface area contributed by atoms with Crippen molar-refractivity contribution in [3.05, 3.63) is 23.8 Å². The molecular formula is C13H19N5O. The molecule has 2 heterocycles.